The van der Waals surface area contributed by atoms with Crippen LogP contribution in [0.5, 0.6) is 0 Å². The number of nitrogens with zero attached hydrogens (tertiary/aromatic N) is 3. The second-order valence-corrected chi connectivity index (χ2v) is 11.8. The minimum atomic E-state index is -1.28. The van der Waals surface area contributed by atoms with Crippen LogP contribution in [0.15, 0.2) is 43.0 Å². The Balaban J connectivity index is 1.53. The number of carbonyl (C=O) groups is 3. The van der Waals surface area contributed by atoms with Gasteiger partial charge in [0.15, 0.2) is 0 Å². The zero-order valence-corrected chi connectivity index (χ0v) is 23.4. The van der Waals surface area contributed by atoms with E-state index in [2.05, 4.69) is 11.5 Å². The summed E-state index contributed by atoms with van der Waals surface area (Å²) >= 11 is 0. The summed E-state index contributed by atoms with van der Waals surface area (Å²) in [6.45, 7) is 11.4. The Bertz CT molecular complexity index is 1130. The summed E-state index contributed by atoms with van der Waals surface area (Å²) in [7, 11) is 0. The first kappa shape index (κ1) is 28.7. The van der Waals surface area contributed by atoms with E-state index >= 15 is 0 Å². The van der Waals surface area contributed by atoms with E-state index in [4.69, 9.17) is 9.47 Å². The van der Waals surface area contributed by atoms with Gasteiger partial charge in [0.1, 0.15) is 17.6 Å². The molecular formula is C30H41N3O7. The molecule has 1 spiro atoms. The summed E-state index contributed by atoms with van der Waals surface area (Å²) in [5.74, 6) is -4.07. The highest BCUT2D eigenvalue weighted by Crippen LogP contribution is 2.65. The lowest BCUT2D eigenvalue weighted by Gasteiger charge is -2.40. The molecule has 0 aromatic heterocycles. The second kappa shape index (κ2) is 11.2. The molecular weight excluding hydrogens is 514 g/mol. The lowest BCUT2D eigenvalue weighted by atomic mass is 9.62. The molecule has 2 bridgehead atoms. The maximum atomic E-state index is 14.6. The molecule has 7 atom stereocenters. The average Bonchev–Trinajstić information content (AvgIpc) is 3.47. The van der Waals surface area contributed by atoms with Gasteiger partial charge in [-0.25, -0.2) is 0 Å². The van der Waals surface area contributed by atoms with Crippen molar-refractivity contribution in [2.24, 2.45) is 17.8 Å². The predicted molar refractivity (Wildman–Crippen MR) is 146 cm³/mol. The maximum absolute atomic E-state index is 14.6. The fourth-order valence-corrected chi connectivity index (χ4v) is 7.57. The first-order valence-corrected chi connectivity index (χ1v) is 14.3. The molecule has 0 aliphatic carbocycles. The molecule has 0 saturated carbocycles. The van der Waals surface area contributed by atoms with Crippen molar-refractivity contribution in [2.45, 2.75) is 50.0 Å². The lowest BCUT2D eigenvalue weighted by Crippen LogP contribution is -2.60. The highest BCUT2D eigenvalue weighted by Gasteiger charge is 2.80. The van der Waals surface area contributed by atoms with Crippen LogP contribution in [0.25, 0.3) is 0 Å². The first-order valence-electron chi connectivity index (χ1n) is 14.3. The van der Waals surface area contributed by atoms with E-state index in [1.165, 1.54) is 4.90 Å². The second-order valence-electron chi connectivity index (χ2n) is 11.8. The smallest absolute Gasteiger partial charge is 0.310 e. The van der Waals surface area contributed by atoms with Crippen molar-refractivity contribution < 1.29 is 34.1 Å². The number of fused-ring (bicyclic) bond motifs is 1. The van der Waals surface area contributed by atoms with Crippen LogP contribution in [0.3, 0.4) is 0 Å². The highest BCUT2D eigenvalue weighted by molar-refractivity contribution is 5.98. The SMILES string of the molecule is C=CCN(CCN1CCOCC1)C(=O)C1N([C@@H](CO)Cc2ccccc2)C(=O)[C@@H]2[C@H](C(=O)O)[C@@]3(C)OC12CC3C. The van der Waals surface area contributed by atoms with Crippen molar-refractivity contribution in [1.82, 2.24) is 14.7 Å². The largest absolute Gasteiger partial charge is 0.481 e. The number of aliphatic hydroxyl groups is 1. The van der Waals surface area contributed by atoms with Gasteiger partial charge in [-0.1, -0.05) is 43.3 Å². The number of aliphatic hydroxyl groups excluding tert-OH is 1. The number of aliphatic carboxylic acids is 1. The van der Waals surface area contributed by atoms with Gasteiger partial charge in [-0.2, -0.15) is 0 Å². The molecule has 4 saturated heterocycles. The van der Waals surface area contributed by atoms with Gasteiger partial charge >= 0.3 is 5.97 Å². The number of benzene rings is 1. The molecule has 10 nitrogen and oxygen atoms in total. The molecule has 2 amide bonds. The summed E-state index contributed by atoms with van der Waals surface area (Å²) in [6, 6.07) is 7.72. The number of hydrogen-bond acceptors (Lipinski definition) is 7. The molecule has 5 rings (SSSR count). The molecule has 40 heavy (non-hydrogen) atoms. The quantitative estimate of drug-likeness (QED) is 0.389. The van der Waals surface area contributed by atoms with E-state index in [1.54, 1.807) is 17.9 Å². The van der Waals surface area contributed by atoms with Gasteiger partial charge in [-0.3, -0.25) is 19.3 Å². The van der Waals surface area contributed by atoms with Crippen LogP contribution < -0.4 is 0 Å². The van der Waals surface area contributed by atoms with Gasteiger partial charge < -0.3 is 29.5 Å². The van der Waals surface area contributed by atoms with E-state index in [-0.39, 0.29) is 25.0 Å². The minimum absolute atomic E-state index is 0.171. The van der Waals surface area contributed by atoms with Gasteiger partial charge in [-0.05, 0) is 31.2 Å². The van der Waals surface area contributed by atoms with Crippen LogP contribution in [-0.2, 0) is 30.3 Å². The highest BCUT2D eigenvalue weighted by atomic mass is 16.5. The Kier molecular flexibility index (Phi) is 8.07. The molecule has 4 aliphatic rings. The molecule has 4 fully saturated rings. The van der Waals surface area contributed by atoms with Crippen molar-refractivity contribution in [2.75, 3.05) is 52.5 Å². The fourth-order valence-electron chi connectivity index (χ4n) is 7.57. The van der Waals surface area contributed by atoms with Crippen LogP contribution in [-0.4, -0.2) is 119 Å². The third-order valence-electron chi connectivity index (χ3n) is 9.62. The minimum Gasteiger partial charge on any atom is -0.481 e. The average molecular weight is 556 g/mol. The zero-order chi connectivity index (χ0) is 28.7. The van der Waals surface area contributed by atoms with Gasteiger partial charge in [0.2, 0.25) is 11.8 Å². The topological polar surface area (TPSA) is 120 Å². The number of likely N-dealkylation sites (tertiary alicyclic amines) is 1. The first-order chi connectivity index (χ1) is 19.2. The normalized spacial score (nSPS) is 34.1. The van der Waals surface area contributed by atoms with Crippen molar-refractivity contribution >= 4 is 17.8 Å². The van der Waals surface area contributed by atoms with Crippen LogP contribution in [0.1, 0.15) is 25.8 Å². The van der Waals surface area contributed by atoms with Crippen LogP contribution >= 0.6 is 0 Å². The molecule has 2 N–H and O–H groups in total. The number of rotatable bonds is 11. The van der Waals surface area contributed by atoms with E-state index in [1.807, 2.05) is 37.3 Å². The van der Waals surface area contributed by atoms with E-state index in [0.717, 1.165) is 18.7 Å². The Labute approximate surface area is 235 Å². The van der Waals surface area contributed by atoms with E-state index in [9.17, 15) is 24.6 Å². The number of carboxylic acids is 1. The number of hydrogen-bond donors (Lipinski definition) is 2. The molecule has 0 radical (unpaired) electrons. The number of morpholine rings is 1. The fraction of sp³-hybridized carbons (Fsp3) is 0.633. The Hall–Kier alpha value is -2.79. The molecule has 218 valence electrons. The third kappa shape index (κ3) is 4.64. The van der Waals surface area contributed by atoms with Gasteiger partial charge in [0.05, 0.1) is 37.4 Å². The molecule has 3 unspecified atom stereocenters. The zero-order valence-electron chi connectivity index (χ0n) is 23.4. The van der Waals surface area contributed by atoms with Crippen molar-refractivity contribution in [3.05, 3.63) is 48.6 Å². The summed E-state index contributed by atoms with van der Waals surface area (Å²) in [4.78, 5) is 46.9. The summed E-state index contributed by atoms with van der Waals surface area (Å²) < 4.78 is 12.1. The third-order valence-corrected chi connectivity index (χ3v) is 9.62. The van der Waals surface area contributed by atoms with Crippen LogP contribution in [0.4, 0.5) is 0 Å². The van der Waals surface area contributed by atoms with Gasteiger partial charge in [0.25, 0.3) is 0 Å². The van der Waals surface area contributed by atoms with Crippen molar-refractivity contribution in [1.29, 1.82) is 0 Å². The molecule has 10 heteroatoms. The number of carbonyl (C=O) groups excluding carboxylic acids is 2. The standard InChI is InChI=1S/C30H41N3O7/c1-4-10-32(12-11-31-13-15-39-16-14-31)27(36)25-30-18-20(2)29(3,40-30)24(28(37)38)23(30)26(35)33(25)22(19-34)17-21-8-6-5-7-9-21/h4-9,20,22-25,34H,1,10-19H2,2-3H3,(H,37,38)/t20?,22-,23+,24-,25?,29+,30?/m1/s1. The maximum Gasteiger partial charge on any atom is 0.310 e. The molecule has 4 heterocycles. The van der Waals surface area contributed by atoms with Crippen LogP contribution in [0, 0.1) is 17.8 Å². The van der Waals surface area contributed by atoms with E-state index < -0.39 is 47.0 Å². The van der Waals surface area contributed by atoms with Crippen molar-refractivity contribution in [3.8, 4) is 0 Å². The number of carboxylic acid groups (broad SMARTS) is 1. The predicted octanol–water partition coefficient (Wildman–Crippen LogP) is 1.03. The molecule has 1 aromatic rings. The lowest BCUT2D eigenvalue weighted by molar-refractivity contribution is -0.160. The molecule has 1 aromatic carbocycles. The summed E-state index contributed by atoms with van der Waals surface area (Å²) in [5.41, 5.74) is -1.44. The van der Waals surface area contributed by atoms with E-state index in [0.29, 0.717) is 39.1 Å². The number of ether oxygens (including phenoxy) is 2. The Morgan fingerprint density at radius 1 is 1.25 bits per heavy atom. The molecule has 4 aliphatic heterocycles. The monoisotopic (exact) mass is 555 g/mol. The Morgan fingerprint density at radius 3 is 2.58 bits per heavy atom. The van der Waals surface area contributed by atoms with Gasteiger partial charge in [0, 0.05) is 32.7 Å². The van der Waals surface area contributed by atoms with Gasteiger partial charge in [-0.15, -0.1) is 6.58 Å². The Morgan fingerprint density at radius 2 is 1.95 bits per heavy atom. The summed E-state index contributed by atoms with van der Waals surface area (Å²) in [5, 5.41) is 20.9. The van der Waals surface area contributed by atoms with Crippen molar-refractivity contribution in [3.63, 3.8) is 0 Å². The number of amides is 2. The van der Waals surface area contributed by atoms with Crippen LogP contribution in [0.2, 0.25) is 0 Å². The summed E-state index contributed by atoms with van der Waals surface area (Å²) in [6.07, 6.45) is 2.39.